The van der Waals surface area contributed by atoms with E-state index in [4.69, 9.17) is 0 Å². The van der Waals surface area contributed by atoms with E-state index in [9.17, 15) is 4.79 Å². The average molecular weight is 197 g/mol. The summed E-state index contributed by atoms with van der Waals surface area (Å²) in [7, 11) is 0. The summed E-state index contributed by atoms with van der Waals surface area (Å²) in [6.07, 6.45) is 7.90. The zero-order valence-corrected chi connectivity index (χ0v) is 9.59. The van der Waals surface area contributed by atoms with Crippen LogP contribution >= 0.6 is 0 Å². The molecule has 2 nitrogen and oxygen atoms in total. The van der Waals surface area contributed by atoms with Crippen molar-refractivity contribution in [2.75, 3.05) is 6.54 Å². The fourth-order valence-electron chi connectivity index (χ4n) is 2.14. The van der Waals surface area contributed by atoms with E-state index in [0.29, 0.717) is 11.9 Å². The highest BCUT2D eigenvalue weighted by Gasteiger charge is 2.22. The van der Waals surface area contributed by atoms with Crippen LogP contribution in [0.1, 0.15) is 58.8 Å². The minimum absolute atomic E-state index is 0.380. The molecule has 1 saturated heterocycles. The van der Waals surface area contributed by atoms with Gasteiger partial charge >= 0.3 is 0 Å². The predicted molar refractivity (Wildman–Crippen MR) is 59.2 cm³/mol. The van der Waals surface area contributed by atoms with Gasteiger partial charge in [0.25, 0.3) is 0 Å². The first-order valence-corrected chi connectivity index (χ1v) is 6.05. The van der Waals surface area contributed by atoms with Crippen molar-refractivity contribution in [3.63, 3.8) is 0 Å². The first-order chi connectivity index (χ1) is 6.75. The van der Waals surface area contributed by atoms with Gasteiger partial charge in [-0.05, 0) is 32.6 Å². The van der Waals surface area contributed by atoms with E-state index in [0.717, 1.165) is 19.4 Å². The van der Waals surface area contributed by atoms with Crippen LogP contribution in [0.5, 0.6) is 0 Å². The summed E-state index contributed by atoms with van der Waals surface area (Å²) in [5.41, 5.74) is 0. The van der Waals surface area contributed by atoms with Crippen LogP contribution in [0.3, 0.4) is 0 Å². The van der Waals surface area contributed by atoms with Gasteiger partial charge in [-0.1, -0.05) is 19.8 Å². The molecule has 0 spiro atoms. The number of piperidine rings is 1. The molecular weight excluding hydrogens is 174 g/mol. The Morgan fingerprint density at radius 3 is 2.79 bits per heavy atom. The van der Waals surface area contributed by atoms with Gasteiger partial charge in [-0.2, -0.15) is 0 Å². The standard InChI is InChI=1S/C12H23NO/c1-3-4-5-9-12(14)13-10-7-6-8-11(13)2/h11H,3-10H2,1-2H3. The number of rotatable bonds is 4. The van der Waals surface area contributed by atoms with Crippen molar-refractivity contribution in [3.8, 4) is 0 Å². The Kier molecular flexibility index (Phi) is 4.99. The third-order valence-corrected chi connectivity index (χ3v) is 3.12. The lowest BCUT2D eigenvalue weighted by Crippen LogP contribution is -2.41. The monoisotopic (exact) mass is 197 g/mol. The molecule has 1 heterocycles. The first kappa shape index (κ1) is 11.5. The smallest absolute Gasteiger partial charge is 0.222 e. The van der Waals surface area contributed by atoms with Gasteiger partial charge < -0.3 is 4.90 Å². The third-order valence-electron chi connectivity index (χ3n) is 3.12. The molecule has 1 fully saturated rings. The molecule has 82 valence electrons. The highest BCUT2D eigenvalue weighted by Crippen LogP contribution is 2.18. The summed E-state index contributed by atoms with van der Waals surface area (Å²) in [5, 5.41) is 0. The number of amides is 1. The largest absolute Gasteiger partial charge is 0.340 e. The predicted octanol–water partition coefficient (Wildman–Crippen LogP) is 2.97. The molecule has 1 aliphatic heterocycles. The Bertz CT molecular complexity index is 179. The van der Waals surface area contributed by atoms with E-state index in [-0.39, 0.29) is 0 Å². The third kappa shape index (κ3) is 3.32. The summed E-state index contributed by atoms with van der Waals surface area (Å²) in [5.74, 6) is 0.380. The molecule has 14 heavy (non-hydrogen) atoms. The molecule has 0 bridgehead atoms. The van der Waals surface area contributed by atoms with Gasteiger partial charge in [-0.3, -0.25) is 4.79 Å². The normalized spacial score (nSPS) is 22.4. The molecule has 0 radical (unpaired) electrons. The van der Waals surface area contributed by atoms with Crippen molar-refractivity contribution < 1.29 is 4.79 Å². The second-order valence-electron chi connectivity index (χ2n) is 4.39. The van der Waals surface area contributed by atoms with E-state index >= 15 is 0 Å². The highest BCUT2D eigenvalue weighted by atomic mass is 16.2. The van der Waals surface area contributed by atoms with Gasteiger partial charge in [-0.25, -0.2) is 0 Å². The van der Waals surface area contributed by atoms with Gasteiger partial charge in [0.2, 0.25) is 5.91 Å². The number of unbranched alkanes of at least 4 members (excludes halogenated alkanes) is 2. The fraction of sp³-hybridized carbons (Fsp3) is 0.917. The molecule has 1 unspecified atom stereocenters. The second-order valence-corrected chi connectivity index (χ2v) is 4.39. The summed E-state index contributed by atoms with van der Waals surface area (Å²) < 4.78 is 0. The zero-order chi connectivity index (χ0) is 10.4. The molecule has 1 amide bonds. The lowest BCUT2D eigenvalue weighted by Gasteiger charge is -2.33. The lowest BCUT2D eigenvalue weighted by molar-refractivity contribution is -0.134. The van der Waals surface area contributed by atoms with E-state index in [1.165, 1.54) is 32.1 Å². The quantitative estimate of drug-likeness (QED) is 0.634. The van der Waals surface area contributed by atoms with Crippen molar-refractivity contribution in [3.05, 3.63) is 0 Å². The molecule has 1 atom stereocenters. The molecule has 0 aliphatic carbocycles. The summed E-state index contributed by atoms with van der Waals surface area (Å²) in [6, 6.07) is 0.484. The van der Waals surface area contributed by atoms with Gasteiger partial charge in [-0.15, -0.1) is 0 Å². The topological polar surface area (TPSA) is 20.3 Å². The Hall–Kier alpha value is -0.530. The first-order valence-electron chi connectivity index (χ1n) is 6.05. The maximum atomic E-state index is 11.8. The number of carbonyl (C=O) groups excluding carboxylic acids is 1. The van der Waals surface area contributed by atoms with Crippen molar-refractivity contribution in [2.24, 2.45) is 0 Å². The van der Waals surface area contributed by atoms with Crippen LogP contribution in [-0.2, 0) is 4.79 Å². The Balaban J connectivity index is 2.27. The number of hydrogen-bond donors (Lipinski definition) is 0. The van der Waals surface area contributed by atoms with Crippen molar-refractivity contribution in [1.29, 1.82) is 0 Å². The van der Waals surface area contributed by atoms with E-state index in [1.54, 1.807) is 0 Å². The Labute approximate surface area is 87.7 Å². The molecule has 1 rings (SSSR count). The van der Waals surface area contributed by atoms with Crippen molar-refractivity contribution in [1.82, 2.24) is 4.90 Å². The van der Waals surface area contributed by atoms with Gasteiger partial charge in [0.15, 0.2) is 0 Å². The van der Waals surface area contributed by atoms with Crippen LogP contribution in [0.25, 0.3) is 0 Å². The Morgan fingerprint density at radius 1 is 1.36 bits per heavy atom. The summed E-state index contributed by atoms with van der Waals surface area (Å²) in [6.45, 7) is 5.34. The molecule has 0 N–H and O–H groups in total. The van der Waals surface area contributed by atoms with Crippen LogP contribution in [0.2, 0.25) is 0 Å². The fourth-order valence-corrected chi connectivity index (χ4v) is 2.14. The van der Waals surface area contributed by atoms with Crippen LogP contribution in [0, 0.1) is 0 Å². The molecular formula is C12H23NO. The molecule has 1 aliphatic rings. The SMILES string of the molecule is CCCCCC(=O)N1CCCCC1C. The van der Waals surface area contributed by atoms with Crippen LogP contribution < -0.4 is 0 Å². The summed E-state index contributed by atoms with van der Waals surface area (Å²) >= 11 is 0. The summed E-state index contributed by atoms with van der Waals surface area (Å²) in [4.78, 5) is 13.9. The number of likely N-dealkylation sites (tertiary alicyclic amines) is 1. The van der Waals surface area contributed by atoms with Gasteiger partial charge in [0, 0.05) is 19.0 Å². The van der Waals surface area contributed by atoms with Crippen molar-refractivity contribution >= 4 is 5.91 Å². The number of nitrogens with zero attached hydrogens (tertiary/aromatic N) is 1. The van der Waals surface area contributed by atoms with E-state index in [2.05, 4.69) is 18.7 Å². The lowest BCUT2D eigenvalue weighted by atomic mass is 10.0. The van der Waals surface area contributed by atoms with Crippen LogP contribution in [-0.4, -0.2) is 23.4 Å². The van der Waals surface area contributed by atoms with Crippen molar-refractivity contribution in [2.45, 2.75) is 64.8 Å². The minimum Gasteiger partial charge on any atom is -0.340 e. The molecule has 0 aromatic rings. The van der Waals surface area contributed by atoms with E-state index < -0.39 is 0 Å². The van der Waals surface area contributed by atoms with Crippen LogP contribution in [0.4, 0.5) is 0 Å². The number of hydrogen-bond acceptors (Lipinski definition) is 1. The average Bonchev–Trinajstić information content (AvgIpc) is 2.18. The number of carbonyl (C=O) groups is 1. The molecule has 0 saturated carbocycles. The second kappa shape index (κ2) is 6.05. The van der Waals surface area contributed by atoms with E-state index in [1.807, 2.05) is 0 Å². The molecule has 0 aromatic carbocycles. The van der Waals surface area contributed by atoms with Crippen LogP contribution in [0.15, 0.2) is 0 Å². The maximum Gasteiger partial charge on any atom is 0.222 e. The zero-order valence-electron chi connectivity index (χ0n) is 9.59. The Morgan fingerprint density at radius 2 is 2.14 bits per heavy atom. The minimum atomic E-state index is 0.380. The molecule has 2 heteroatoms. The maximum absolute atomic E-state index is 11.8. The van der Waals surface area contributed by atoms with Gasteiger partial charge in [0.1, 0.15) is 0 Å². The molecule has 0 aromatic heterocycles. The van der Waals surface area contributed by atoms with Gasteiger partial charge in [0.05, 0.1) is 0 Å². The highest BCUT2D eigenvalue weighted by molar-refractivity contribution is 5.76.